The molecule has 0 aliphatic carbocycles. The predicted molar refractivity (Wildman–Crippen MR) is 220 cm³/mol. The maximum Gasteiger partial charge on any atom is 0.346 e. The van der Waals surface area contributed by atoms with Gasteiger partial charge in [0.15, 0.2) is 0 Å². The van der Waals surface area contributed by atoms with Gasteiger partial charge in [0.1, 0.15) is 11.5 Å². The topological polar surface area (TPSA) is 139 Å². The summed E-state index contributed by atoms with van der Waals surface area (Å²) in [6.07, 6.45) is 0. The SMILES string of the molecule is O=C(Oc1ccc(-c2ccc(OC(=O)c3ccc4c(c3)C(=O)OC4=O)c(-c3cccc4ccccc34)c2)cc1-c1cccc2ccccc12)c1ccc2c(c1)C(=O)OC2=O. The lowest BCUT2D eigenvalue weighted by atomic mass is 9.92. The van der Waals surface area contributed by atoms with E-state index in [1.54, 1.807) is 12.1 Å². The third kappa shape index (κ3) is 6.16. The van der Waals surface area contributed by atoms with Crippen molar-refractivity contribution in [2.24, 2.45) is 0 Å². The molecule has 60 heavy (non-hydrogen) atoms. The van der Waals surface area contributed by atoms with Gasteiger partial charge in [-0.2, -0.15) is 0 Å². The van der Waals surface area contributed by atoms with Gasteiger partial charge in [-0.1, -0.05) is 97.1 Å². The Morgan fingerprint density at radius 3 is 1.20 bits per heavy atom. The maximum absolute atomic E-state index is 13.7. The van der Waals surface area contributed by atoms with E-state index in [9.17, 15) is 28.8 Å². The van der Waals surface area contributed by atoms with Crippen LogP contribution in [0.25, 0.3) is 54.9 Å². The molecule has 0 unspecified atom stereocenters. The van der Waals surface area contributed by atoms with Crippen LogP contribution in [0.15, 0.2) is 158 Å². The summed E-state index contributed by atoms with van der Waals surface area (Å²) in [6.45, 7) is 0. The lowest BCUT2D eigenvalue weighted by molar-refractivity contribution is 0.0425. The molecular formula is C50H26O10. The largest absolute Gasteiger partial charge is 0.422 e. The molecule has 0 amide bonds. The fraction of sp³-hybridized carbons (Fsp3) is 0. The second kappa shape index (κ2) is 14.2. The average molecular weight is 787 g/mol. The Bertz CT molecular complexity index is 3010. The Morgan fingerprint density at radius 1 is 0.350 bits per heavy atom. The number of ether oxygens (including phenoxy) is 4. The first-order chi connectivity index (χ1) is 29.2. The van der Waals surface area contributed by atoms with E-state index in [4.69, 9.17) is 18.9 Å². The van der Waals surface area contributed by atoms with Crippen LogP contribution in [0, 0.1) is 0 Å². The minimum absolute atomic E-state index is 0.0105. The van der Waals surface area contributed by atoms with Gasteiger partial charge in [-0.05, 0) is 104 Å². The molecule has 10 nitrogen and oxygen atoms in total. The molecule has 0 saturated carbocycles. The first-order valence-corrected chi connectivity index (χ1v) is 18.7. The van der Waals surface area contributed by atoms with Crippen molar-refractivity contribution in [2.75, 3.05) is 0 Å². The Balaban J connectivity index is 1.08. The molecule has 0 spiro atoms. The number of esters is 6. The van der Waals surface area contributed by atoms with Crippen LogP contribution in [-0.4, -0.2) is 35.8 Å². The zero-order chi connectivity index (χ0) is 41.1. The van der Waals surface area contributed by atoms with Gasteiger partial charge in [-0.3, -0.25) is 0 Å². The van der Waals surface area contributed by atoms with Crippen LogP contribution in [0.2, 0.25) is 0 Å². The first-order valence-electron chi connectivity index (χ1n) is 18.7. The summed E-state index contributed by atoms with van der Waals surface area (Å²) in [5.74, 6) is -4.19. The number of carbonyl (C=O) groups is 6. The Morgan fingerprint density at radius 2 is 0.750 bits per heavy atom. The monoisotopic (exact) mass is 786 g/mol. The van der Waals surface area contributed by atoms with Gasteiger partial charge >= 0.3 is 35.8 Å². The summed E-state index contributed by atoms with van der Waals surface area (Å²) >= 11 is 0. The van der Waals surface area contributed by atoms with E-state index in [0.29, 0.717) is 11.1 Å². The second-order valence-electron chi connectivity index (χ2n) is 14.1. The molecule has 0 aromatic heterocycles. The molecule has 8 aromatic carbocycles. The summed E-state index contributed by atoms with van der Waals surface area (Å²) in [4.78, 5) is 76.0. The number of carbonyl (C=O) groups excluding carboxylic acids is 6. The van der Waals surface area contributed by atoms with E-state index in [2.05, 4.69) is 0 Å². The van der Waals surface area contributed by atoms with Crippen LogP contribution < -0.4 is 9.47 Å². The lowest BCUT2D eigenvalue weighted by Gasteiger charge is -2.17. The third-order valence-corrected chi connectivity index (χ3v) is 10.6. The molecule has 0 atom stereocenters. The molecule has 0 saturated heterocycles. The van der Waals surface area contributed by atoms with Crippen molar-refractivity contribution >= 4 is 57.4 Å². The minimum atomic E-state index is -0.832. The van der Waals surface area contributed by atoms with Gasteiger partial charge < -0.3 is 18.9 Å². The zero-order valence-electron chi connectivity index (χ0n) is 31.1. The lowest BCUT2D eigenvalue weighted by Crippen LogP contribution is -2.11. The van der Waals surface area contributed by atoms with E-state index in [0.717, 1.165) is 43.8 Å². The van der Waals surface area contributed by atoms with Gasteiger partial charge in [0.25, 0.3) is 0 Å². The molecule has 8 aromatic rings. The molecule has 286 valence electrons. The number of cyclic esters (lactones) is 4. The minimum Gasteiger partial charge on any atom is -0.422 e. The number of rotatable bonds is 7. The second-order valence-corrected chi connectivity index (χ2v) is 14.1. The summed E-state index contributed by atoms with van der Waals surface area (Å²) in [6, 6.07) is 46.4. The van der Waals surface area contributed by atoms with Crippen molar-refractivity contribution in [1.82, 2.24) is 0 Å². The van der Waals surface area contributed by atoms with Gasteiger partial charge in [-0.25, -0.2) is 28.8 Å². The molecular weight excluding hydrogens is 761 g/mol. The molecule has 10 heteroatoms. The van der Waals surface area contributed by atoms with Crippen LogP contribution in [-0.2, 0) is 9.47 Å². The van der Waals surface area contributed by atoms with Gasteiger partial charge in [0.05, 0.1) is 33.4 Å². The van der Waals surface area contributed by atoms with Gasteiger partial charge in [0, 0.05) is 11.1 Å². The summed E-state index contributed by atoms with van der Waals surface area (Å²) in [5, 5.41) is 3.76. The highest BCUT2D eigenvalue weighted by Crippen LogP contribution is 2.42. The van der Waals surface area contributed by atoms with Crippen LogP contribution in [0.5, 0.6) is 11.5 Å². The van der Waals surface area contributed by atoms with Crippen molar-refractivity contribution in [3.05, 3.63) is 191 Å². The summed E-state index contributed by atoms with van der Waals surface area (Å²) in [5.41, 5.74) is 4.54. The Labute approximate surface area is 340 Å². The van der Waals surface area contributed by atoms with Crippen LogP contribution in [0.4, 0.5) is 0 Å². The summed E-state index contributed by atoms with van der Waals surface area (Å²) < 4.78 is 21.5. The van der Waals surface area contributed by atoms with Crippen molar-refractivity contribution < 1.29 is 47.7 Å². The number of benzene rings is 8. The molecule has 0 bridgehead atoms. The maximum atomic E-state index is 13.7. The van der Waals surface area contributed by atoms with Gasteiger partial charge in [-0.15, -0.1) is 0 Å². The fourth-order valence-corrected chi connectivity index (χ4v) is 7.68. The molecule has 10 rings (SSSR count). The number of fused-ring (bicyclic) bond motifs is 4. The molecule has 0 radical (unpaired) electrons. The van der Waals surface area contributed by atoms with Crippen molar-refractivity contribution in [2.45, 2.75) is 0 Å². The predicted octanol–water partition coefficient (Wildman–Crippen LogP) is 10.1. The first kappa shape index (κ1) is 35.9. The highest BCUT2D eigenvalue weighted by atomic mass is 16.6. The third-order valence-electron chi connectivity index (χ3n) is 10.6. The van der Waals surface area contributed by atoms with Crippen molar-refractivity contribution in [1.29, 1.82) is 0 Å². The highest BCUT2D eigenvalue weighted by molar-refractivity contribution is 6.16. The van der Waals surface area contributed by atoms with E-state index >= 15 is 0 Å². The number of hydrogen-bond acceptors (Lipinski definition) is 10. The van der Waals surface area contributed by atoms with E-state index in [1.807, 2.05) is 109 Å². The highest BCUT2D eigenvalue weighted by Gasteiger charge is 2.32. The Hall–Kier alpha value is -8.50. The smallest absolute Gasteiger partial charge is 0.346 e. The van der Waals surface area contributed by atoms with Crippen molar-refractivity contribution in [3.8, 4) is 44.9 Å². The van der Waals surface area contributed by atoms with Crippen LogP contribution >= 0.6 is 0 Å². The number of hydrogen-bond donors (Lipinski definition) is 0. The quantitative estimate of drug-likeness (QED) is 0.0871. The normalized spacial score (nSPS) is 12.9. The van der Waals surface area contributed by atoms with Gasteiger partial charge in [0.2, 0.25) is 0 Å². The fourth-order valence-electron chi connectivity index (χ4n) is 7.68. The standard InChI is InChI=1S/C50H26O10/c51-45(31-15-19-37-41(25-31)49(55)59-47(37)53)57-43-21-17-29(23-39(43)35-13-5-9-27-7-1-3-11-33(27)35)30-18-22-44(40(24-30)36-14-6-10-28-8-2-4-12-34(28)36)58-46(52)32-16-20-38-42(26-32)50(56)60-48(38)54/h1-26H. The molecule has 0 fully saturated rings. The van der Waals surface area contributed by atoms with E-state index in [1.165, 1.54) is 36.4 Å². The molecule has 2 heterocycles. The molecule has 2 aliphatic heterocycles. The Kier molecular flexibility index (Phi) is 8.46. The average Bonchev–Trinajstić information content (AvgIpc) is 3.73. The zero-order valence-corrected chi connectivity index (χ0v) is 31.1. The molecule has 0 N–H and O–H groups in total. The van der Waals surface area contributed by atoms with E-state index in [-0.39, 0.29) is 44.9 Å². The summed E-state index contributed by atoms with van der Waals surface area (Å²) in [7, 11) is 0. The van der Waals surface area contributed by atoms with E-state index < -0.39 is 35.8 Å². The van der Waals surface area contributed by atoms with Crippen molar-refractivity contribution in [3.63, 3.8) is 0 Å². The van der Waals surface area contributed by atoms with Crippen LogP contribution in [0.1, 0.15) is 62.1 Å². The molecule has 2 aliphatic rings. The van der Waals surface area contributed by atoms with Crippen LogP contribution in [0.3, 0.4) is 0 Å².